The minimum atomic E-state index is -0.0939. The standard InChI is InChI=1S/C21H24N4O3/c1-4-27-20-10-18(21(26)24(2)13-17-12-23-25(3)14-17)7-8-19(20)28-15-16-6-5-9-22-11-16/h5-12,14H,4,13,15H2,1-3H3. The summed E-state index contributed by atoms with van der Waals surface area (Å²) in [5, 5.41) is 4.13. The Kier molecular flexibility index (Phi) is 6.26. The Balaban J connectivity index is 1.72. The van der Waals surface area contributed by atoms with Crippen LogP contribution in [0.4, 0.5) is 0 Å². The summed E-state index contributed by atoms with van der Waals surface area (Å²) >= 11 is 0. The second-order valence-corrected chi connectivity index (χ2v) is 6.43. The van der Waals surface area contributed by atoms with Crippen molar-refractivity contribution in [1.29, 1.82) is 0 Å². The summed E-state index contributed by atoms with van der Waals surface area (Å²) in [5.41, 5.74) is 2.48. The van der Waals surface area contributed by atoms with Gasteiger partial charge < -0.3 is 14.4 Å². The van der Waals surface area contributed by atoms with Crippen LogP contribution in [0, 0.1) is 0 Å². The predicted octanol–water partition coefficient (Wildman–Crippen LogP) is 3.07. The number of ether oxygens (including phenoxy) is 2. The Morgan fingerprint density at radius 2 is 2.00 bits per heavy atom. The van der Waals surface area contributed by atoms with Crippen molar-refractivity contribution in [2.75, 3.05) is 13.7 Å². The third-order valence-corrected chi connectivity index (χ3v) is 4.13. The van der Waals surface area contributed by atoms with E-state index in [0.717, 1.165) is 11.1 Å². The molecule has 0 saturated carbocycles. The molecule has 1 aromatic carbocycles. The van der Waals surface area contributed by atoms with E-state index in [1.165, 1.54) is 0 Å². The number of rotatable bonds is 8. The molecule has 0 fully saturated rings. The molecule has 3 rings (SSSR count). The van der Waals surface area contributed by atoms with Crippen molar-refractivity contribution in [2.24, 2.45) is 7.05 Å². The van der Waals surface area contributed by atoms with E-state index in [0.29, 0.717) is 36.8 Å². The molecule has 0 unspecified atom stereocenters. The van der Waals surface area contributed by atoms with E-state index in [-0.39, 0.29) is 5.91 Å². The molecular weight excluding hydrogens is 356 g/mol. The topological polar surface area (TPSA) is 69.5 Å². The zero-order chi connectivity index (χ0) is 19.9. The average molecular weight is 380 g/mol. The Hall–Kier alpha value is -3.35. The van der Waals surface area contributed by atoms with Crippen LogP contribution >= 0.6 is 0 Å². The molecule has 146 valence electrons. The maximum Gasteiger partial charge on any atom is 0.254 e. The van der Waals surface area contributed by atoms with E-state index in [1.54, 1.807) is 53.4 Å². The fourth-order valence-electron chi connectivity index (χ4n) is 2.79. The molecule has 0 aliphatic carbocycles. The highest BCUT2D eigenvalue weighted by Gasteiger charge is 2.16. The molecular formula is C21H24N4O3. The van der Waals surface area contributed by atoms with Gasteiger partial charge >= 0.3 is 0 Å². The van der Waals surface area contributed by atoms with Crippen molar-refractivity contribution in [1.82, 2.24) is 19.7 Å². The van der Waals surface area contributed by atoms with E-state index in [2.05, 4.69) is 10.1 Å². The predicted molar refractivity (Wildman–Crippen MR) is 105 cm³/mol. The lowest BCUT2D eigenvalue weighted by molar-refractivity contribution is 0.0784. The van der Waals surface area contributed by atoms with Gasteiger partial charge in [-0.1, -0.05) is 6.07 Å². The van der Waals surface area contributed by atoms with Crippen LogP contribution in [0.5, 0.6) is 11.5 Å². The van der Waals surface area contributed by atoms with Gasteiger partial charge in [-0.05, 0) is 31.2 Å². The van der Waals surface area contributed by atoms with Gasteiger partial charge in [0.1, 0.15) is 6.61 Å². The number of hydrogen-bond donors (Lipinski definition) is 0. The molecule has 2 heterocycles. The Bertz CT molecular complexity index is 924. The highest BCUT2D eigenvalue weighted by Crippen LogP contribution is 2.30. The molecule has 0 N–H and O–H groups in total. The number of aryl methyl sites for hydroxylation is 1. The van der Waals surface area contributed by atoms with Crippen molar-refractivity contribution < 1.29 is 14.3 Å². The summed E-state index contributed by atoms with van der Waals surface area (Å²) in [4.78, 5) is 18.5. The quantitative estimate of drug-likeness (QED) is 0.601. The molecule has 0 aliphatic heterocycles. The van der Waals surface area contributed by atoms with E-state index in [1.807, 2.05) is 32.3 Å². The van der Waals surface area contributed by atoms with Crippen molar-refractivity contribution >= 4 is 5.91 Å². The maximum atomic E-state index is 12.8. The normalized spacial score (nSPS) is 10.5. The molecule has 2 aromatic heterocycles. The van der Waals surface area contributed by atoms with Gasteiger partial charge in [-0.25, -0.2) is 0 Å². The van der Waals surface area contributed by atoms with Gasteiger partial charge in [0, 0.05) is 55.9 Å². The molecule has 0 atom stereocenters. The lowest BCUT2D eigenvalue weighted by atomic mass is 10.1. The summed E-state index contributed by atoms with van der Waals surface area (Å²) in [7, 11) is 3.62. The molecule has 3 aromatic rings. The van der Waals surface area contributed by atoms with Gasteiger partial charge in [0.05, 0.1) is 12.8 Å². The number of carbonyl (C=O) groups excluding carboxylic acids is 1. The molecule has 28 heavy (non-hydrogen) atoms. The first kappa shape index (κ1) is 19.4. The van der Waals surface area contributed by atoms with Crippen LogP contribution in [0.3, 0.4) is 0 Å². The fourth-order valence-corrected chi connectivity index (χ4v) is 2.79. The largest absolute Gasteiger partial charge is 0.490 e. The number of nitrogens with zero attached hydrogens (tertiary/aromatic N) is 4. The first-order valence-electron chi connectivity index (χ1n) is 9.08. The van der Waals surface area contributed by atoms with E-state index in [4.69, 9.17) is 9.47 Å². The second-order valence-electron chi connectivity index (χ2n) is 6.43. The highest BCUT2D eigenvalue weighted by atomic mass is 16.5. The zero-order valence-corrected chi connectivity index (χ0v) is 16.3. The van der Waals surface area contributed by atoms with Crippen LogP contribution in [-0.2, 0) is 20.2 Å². The van der Waals surface area contributed by atoms with E-state index >= 15 is 0 Å². The smallest absolute Gasteiger partial charge is 0.254 e. The van der Waals surface area contributed by atoms with Crippen LogP contribution in [0.25, 0.3) is 0 Å². The summed E-state index contributed by atoms with van der Waals surface area (Å²) in [6.07, 6.45) is 7.12. The van der Waals surface area contributed by atoms with Crippen molar-refractivity contribution in [3.05, 3.63) is 71.8 Å². The number of carbonyl (C=O) groups is 1. The highest BCUT2D eigenvalue weighted by molar-refractivity contribution is 5.94. The lowest BCUT2D eigenvalue weighted by Gasteiger charge is -2.18. The van der Waals surface area contributed by atoms with Crippen LogP contribution in [-0.4, -0.2) is 39.2 Å². The van der Waals surface area contributed by atoms with Gasteiger partial charge in [-0.3, -0.25) is 14.5 Å². The molecule has 7 heteroatoms. The Labute approximate surface area is 164 Å². The Morgan fingerprint density at radius 1 is 1.14 bits per heavy atom. The van der Waals surface area contributed by atoms with Gasteiger partial charge in [-0.2, -0.15) is 5.10 Å². The molecule has 7 nitrogen and oxygen atoms in total. The molecule has 0 spiro atoms. The van der Waals surface area contributed by atoms with Gasteiger partial charge in [0.25, 0.3) is 5.91 Å². The molecule has 0 aliphatic rings. The minimum Gasteiger partial charge on any atom is -0.490 e. The number of benzene rings is 1. The van der Waals surface area contributed by atoms with Crippen molar-refractivity contribution in [2.45, 2.75) is 20.1 Å². The second kappa shape index (κ2) is 9.03. The fraction of sp³-hybridized carbons (Fsp3) is 0.286. The van der Waals surface area contributed by atoms with Crippen LogP contribution in [0.2, 0.25) is 0 Å². The summed E-state index contributed by atoms with van der Waals surface area (Å²) < 4.78 is 13.3. The van der Waals surface area contributed by atoms with Crippen LogP contribution in [0.1, 0.15) is 28.4 Å². The van der Waals surface area contributed by atoms with Crippen molar-refractivity contribution in [3.8, 4) is 11.5 Å². The minimum absolute atomic E-state index is 0.0939. The summed E-state index contributed by atoms with van der Waals surface area (Å²) in [6, 6.07) is 9.06. The Morgan fingerprint density at radius 3 is 2.68 bits per heavy atom. The monoisotopic (exact) mass is 380 g/mol. The van der Waals surface area contributed by atoms with Gasteiger partial charge in [0.15, 0.2) is 11.5 Å². The first-order chi connectivity index (χ1) is 13.6. The van der Waals surface area contributed by atoms with E-state index < -0.39 is 0 Å². The number of hydrogen-bond acceptors (Lipinski definition) is 5. The molecule has 0 radical (unpaired) electrons. The van der Waals surface area contributed by atoms with Gasteiger partial charge in [0.2, 0.25) is 0 Å². The molecule has 1 amide bonds. The molecule has 0 bridgehead atoms. The average Bonchev–Trinajstić information content (AvgIpc) is 3.12. The SMILES string of the molecule is CCOc1cc(C(=O)N(C)Cc2cnn(C)c2)ccc1OCc1cccnc1. The third kappa shape index (κ3) is 4.88. The van der Waals surface area contributed by atoms with Crippen LogP contribution < -0.4 is 9.47 Å². The summed E-state index contributed by atoms with van der Waals surface area (Å²) in [6.45, 7) is 3.23. The number of aromatic nitrogens is 3. The summed E-state index contributed by atoms with van der Waals surface area (Å²) in [5.74, 6) is 1.05. The zero-order valence-electron chi connectivity index (χ0n) is 16.3. The lowest BCUT2D eigenvalue weighted by Crippen LogP contribution is -2.26. The van der Waals surface area contributed by atoms with Gasteiger partial charge in [-0.15, -0.1) is 0 Å². The van der Waals surface area contributed by atoms with E-state index in [9.17, 15) is 4.79 Å². The molecule has 0 saturated heterocycles. The number of pyridine rings is 1. The van der Waals surface area contributed by atoms with Crippen LogP contribution in [0.15, 0.2) is 55.1 Å². The number of amides is 1. The third-order valence-electron chi connectivity index (χ3n) is 4.13. The first-order valence-corrected chi connectivity index (χ1v) is 9.08. The maximum absolute atomic E-state index is 12.8. The van der Waals surface area contributed by atoms with Crippen molar-refractivity contribution in [3.63, 3.8) is 0 Å².